The van der Waals surface area contributed by atoms with Gasteiger partial charge in [0.05, 0.1) is 39.6 Å². The van der Waals surface area contributed by atoms with Gasteiger partial charge in [-0.3, -0.25) is 9.78 Å². The van der Waals surface area contributed by atoms with Crippen LogP contribution >= 0.6 is 11.6 Å². The number of benzene rings is 1. The molecule has 5 heterocycles. The molecule has 2 aliphatic heterocycles. The van der Waals surface area contributed by atoms with Crippen LogP contribution in [0.15, 0.2) is 35.3 Å². The number of halogens is 1. The van der Waals surface area contributed by atoms with Crippen molar-refractivity contribution in [1.29, 1.82) is 0 Å². The maximum Gasteiger partial charge on any atom is 0.343 e. The minimum absolute atomic E-state index is 0.111. The van der Waals surface area contributed by atoms with Gasteiger partial charge in [0.25, 0.3) is 5.56 Å². The maximum absolute atomic E-state index is 13.4. The first-order valence-electron chi connectivity index (χ1n) is 10.9. The Labute approximate surface area is 193 Å². The molecule has 0 saturated heterocycles. The topological polar surface area (TPSA) is 94.3 Å². The molecule has 0 amide bonds. The summed E-state index contributed by atoms with van der Waals surface area (Å²) in [4.78, 5) is 35.2. The zero-order valence-corrected chi connectivity index (χ0v) is 18.9. The highest BCUT2D eigenvalue weighted by atomic mass is 35.5. The van der Waals surface area contributed by atoms with Gasteiger partial charge in [0.2, 0.25) is 0 Å². The molecule has 1 atom stereocenters. The van der Waals surface area contributed by atoms with Crippen LogP contribution in [0, 0.1) is 0 Å². The van der Waals surface area contributed by atoms with Gasteiger partial charge in [0, 0.05) is 28.1 Å². The van der Waals surface area contributed by atoms with Crippen molar-refractivity contribution in [3.8, 4) is 11.4 Å². The SMILES string of the molecule is CCc1c2c(nc3ccc4ncc(Cl)cc4c13)-c1cc3c(c(=O)n1C2)COC(=O)[C@]3(O)CC. The summed E-state index contributed by atoms with van der Waals surface area (Å²) in [5, 5.41) is 13.5. The van der Waals surface area contributed by atoms with E-state index in [-0.39, 0.29) is 18.6 Å². The number of carbonyl (C=O) groups excluding carboxylic acids is 1. The van der Waals surface area contributed by atoms with Crippen LogP contribution in [0.5, 0.6) is 0 Å². The number of hydrogen-bond acceptors (Lipinski definition) is 6. The summed E-state index contributed by atoms with van der Waals surface area (Å²) >= 11 is 6.26. The third kappa shape index (κ3) is 2.60. The molecule has 4 aromatic rings. The molecular formula is C25H20ClN3O4. The van der Waals surface area contributed by atoms with Crippen molar-refractivity contribution in [2.45, 2.75) is 45.4 Å². The van der Waals surface area contributed by atoms with Crippen LogP contribution in [0.1, 0.15) is 42.5 Å². The smallest absolute Gasteiger partial charge is 0.343 e. The van der Waals surface area contributed by atoms with Crippen molar-refractivity contribution in [1.82, 2.24) is 14.5 Å². The van der Waals surface area contributed by atoms with Crippen molar-refractivity contribution in [2.75, 3.05) is 0 Å². The first-order valence-corrected chi connectivity index (χ1v) is 11.3. The highest BCUT2D eigenvalue weighted by molar-refractivity contribution is 6.31. The molecule has 0 bridgehead atoms. The second-order valence-electron chi connectivity index (χ2n) is 8.55. The fraction of sp³-hybridized carbons (Fsp3) is 0.280. The first-order chi connectivity index (χ1) is 15.9. The lowest BCUT2D eigenvalue weighted by atomic mass is 9.86. The summed E-state index contributed by atoms with van der Waals surface area (Å²) in [5.74, 6) is -0.725. The van der Waals surface area contributed by atoms with Crippen molar-refractivity contribution in [3.05, 3.63) is 68.1 Å². The van der Waals surface area contributed by atoms with Crippen LogP contribution in [0.4, 0.5) is 0 Å². The fourth-order valence-electron chi connectivity index (χ4n) is 5.24. The average Bonchev–Trinajstić information content (AvgIpc) is 3.19. The number of cyclic esters (lactones) is 1. The van der Waals surface area contributed by atoms with E-state index in [1.807, 2.05) is 18.2 Å². The van der Waals surface area contributed by atoms with Crippen molar-refractivity contribution < 1.29 is 14.6 Å². The number of aliphatic hydroxyl groups is 1. The number of esters is 1. The van der Waals surface area contributed by atoms with Gasteiger partial charge in [-0.25, -0.2) is 9.78 Å². The van der Waals surface area contributed by atoms with Crippen LogP contribution in [-0.2, 0) is 34.7 Å². The third-order valence-electron chi connectivity index (χ3n) is 6.95. The lowest BCUT2D eigenvalue weighted by molar-refractivity contribution is -0.172. The lowest BCUT2D eigenvalue weighted by Gasteiger charge is -2.31. The molecule has 0 aliphatic carbocycles. The molecule has 166 valence electrons. The van der Waals surface area contributed by atoms with Gasteiger partial charge in [-0.2, -0.15) is 0 Å². The highest BCUT2D eigenvalue weighted by Crippen LogP contribution is 2.41. The van der Waals surface area contributed by atoms with Crippen LogP contribution in [0.25, 0.3) is 33.2 Å². The van der Waals surface area contributed by atoms with E-state index in [4.69, 9.17) is 21.3 Å². The number of nitrogens with zero attached hydrogens (tertiary/aromatic N) is 3. The number of ether oxygens (including phenoxy) is 1. The molecule has 0 saturated carbocycles. The molecule has 6 rings (SSSR count). The summed E-state index contributed by atoms with van der Waals surface area (Å²) in [6.07, 6.45) is 2.47. The minimum atomic E-state index is -1.84. The Morgan fingerprint density at radius 1 is 1.18 bits per heavy atom. The maximum atomic E-state index is 13.4. The van der Waals surface area contributed by atoms with Gasteiger partial charge in [-0.15, -0.1) is 0 Å². The number of pyridine rings is 3. The second-order valence-corrected chi connectivity index (χ2v) is 8.99. The molecule has 1 aromatic carbocycles. The summed E-state index contributed by atoms with van der Waals surface area (Å²) in [6.45, 7) is 3.99. The van der Waals surface area contributed by atoms with Crippen molar-refractivity contribution in [2.24, 2.45) is 0 Å². The summed E-state index contributed by atoms with van der Waals surface area (Å²) in [6, 6.07) is 7.48. The predicted octanol–water partition coefficient (Wildman–Crippen LogP) is 3.84. The molecule has 8 heteroatoms. The van der Waals surface area contributed by atoms with E-state index in [1.54, 1.807) is 23.8 Å². The van der Waals surface area contributed by atoms with Gasteiger partial charge in [0.1, 0.15) is 6.61 Å². The minimum Gasteiger partial charge on any atom is -0.458 e. The Morgan fingerprint density at radius 3 is 2.73 bits per heavy atom. The number of aryl methyl sites for hydroxylation is 1. The van der Waals surface area contributed by atoms with Gasteiger partial charge in [0.15, 0.2) is 5.60 Å². The Bertz CT molecular complexity index is 1590. The lowest BCUT2D eigenvalue weighted by Crippen LogP contribution is -2.44. The van der Waals surface area contributed by atoms with Crippen LogP contribution in [0.2, 0.25) is 5.02 Å². The Hall–Kier alpha value is -3.29. The van der Waals surface area contributed by atoms with Crippen LogP contribution < -0.4 is 5.56 Å². The van der Waals surface area contributed by atoms with Crippen LogP contribution in [-0.4, -0.2) is 25.6 Å². The molecule has 7 nitrogen and oxygen atoms in total. The van der Waals surface area contributed by atoms with Crippen molar-refractivity contribution in [3.63, 3.8) is 0 Å². The van der Waals surface area contributed by atoms with E-state index in [9.17, 15) is 14.7 Å². The predicted molar refractivity (Wildman–Crippen MR) is 124 cm³/mol. The monoisotopic (exact) mass is 461 g/mol. The third-order valence-corrected chi connectivity index (χ3v) is 7.16. The van der Waals surface area contributed by atoms with Gasteiger partial charge in [-0.05, 0) is 42.7 Å². The van der Waals surface area contributed by atoms with Gasteiger partial charge in [-0.1, -0.05) is 25.4 Å². The number of aromatic nitrogens is 3. The largest absolute Gasteiger partial charge is 0.458 e. The van der Waals surface area contributed by atoms with E-state index in [0.29, 0.717) is 34.1 Å². The van der Waals surface area contributed by atoms with Crippen LogP contribution in [0.3, 0.4) is 0 Å². The van der Waals surface area contributed by atoms with E-state index in [0.717, 1.165) is 39.4 Å². The Kier molecular flexibility index (Phi) is 4.22. The highest BCUT2D eigenvalue weighted by Gasteiger charge is 2.45. The van der Waals surface area contributed by atoms with Gasteiger partial charge < -0.3 is 14.4 Å². The second kappa shape index (κ2) is 6.85. The molecule has 2 aliphatic rings. The average molecular weight is 462 g/mol. The summed E-state index contributed by atoms with van der Waals surface area (Å²) < 4.78 is 6.82. The number of carbonyl (C=O) groups is 1. The number of rotatable bonds is 2. The van der Waals surface area contributed by atoms with E-state index in [1.165, 1.54) is 0 Å². The van der Waals surface area contributed by atoms with E-state index < -0.39 is 11.6 Å². The van der Waals surface area contributed by atoms with E-state index >= 15 is 0 Å². The van der Waals surface area contributed by atoms with Crippen molar-refractivity contribution >= 4 is 39.4 Å². The molecule has 33 heavy (non-hydrogen) atoms. The fourth-order valence-corrected chi connectivity index (χ4v) is 5.40. The Balaban J connectivity index is 1.69. The molecule has 0 fully saturated rings. The molecule has 3 aromatic heterocycles. The normalized spacial score (nSPS) is 18.8. The summed E-state index contributed by atoms with van der Waals surface area (Å²) in [5.41, 5.74) is 3.50. The molecular weight excluding hydrogens is 442 g/mol. The zero-order chi connectivity index (χ0) is 23.1. The Morgan fingerprint density at radius 2 is 1.97 bits per heavy atom. The quantitative estimate of drug-likeness (QED) is 0.317. The summed E-state index contributed by atoms with van der Waals surface area (Å²) in [7, 11) is 0. The number of fused-ring (bicyclic) bond motifs is 7. The van der Waals surface area contributed by atoms with Gasteiger partial charge >= 0.3 is 5.97 Å². The molecule has 0 unspecified atom stereocenters. The number of hydrogen-bond donors (Lipinski definition) is 1. The molecule has 0 spiro atoms. The molecule has 1 N–H and O–H groups in total. The zero-order valence-electron chi connectivity index (χ0n) is 18.1. The standard InChI is InChI=1S/C25H20ClN3O4/c1-3-13-15-10-29-20(8-17-16(23(29)30)11-33-24(31)25(17,32)4-2)22(15)28-19-6-5-18-14(21(13)19)7-12(26)9-27-18/h5-9,32H,3-4,10-11H2,1-2H3/t25-/m0/s1. The molecule has 0 radical (unpaired) electrons. The van der Waals surface area contributed by atoms with E-state index in [2.05, 4.69) is 11.9 Å². The first kappa shape index (κ1) is 20.3.